The van der Waals surface area contributed by atoms with Crippen LogP contribution in [0.3, 0.4) is 0 Å². The normalized spacial score (nSPS) is 17.6. The van der Waals surface area contributed by atoms with Crippen molar-refractivity contribution in [3.63, 3.8) is 0 Å². The van der Waals surface area contributed by atoms with Crippen molar-refractivity contribution in [1.29, 1.82) is 0 Å². The van der Waals surface area contributed by atoms with Crippen molar-refractivity contribution in [2.24, 2.45) is 7.05 Å². The van der Waals surface area contributed by atoms with Gasteiger partial charge in [0.25, 0.3) is 5.56 Å². The molecule has 0 N–H and O–H groups in total. The SMILES string of the molecule is Cc1nc(N2CCCC2Cn2nc(C(C)(C)C)ccc2=O)c2cnn(C)c2n1. The van der Waals surface area contributed by atoms with Crippen LogP contribution in [-0.4, -0.2) is 42.1 Å². The summed E-state index contributed by atoms with van der Waals surface area (Å²) in [7, 11) is 1.89. The molecule has 28 heavy (non-hydrogen) atoms. The highest BCUT2D eigenvalue weighted by Gasteiger charge is 2.29. The van der Waals surface area contributed by atoms with Gasteiger partial charge in [-0.2, -0.15) is 10.2 Å². The lowest BCUT2D eigenvalue weighted by Gasteiger charge is -2.27. The maximum absolute atomic E-state index is 12.4. The van der Waals surface area contributed by atoms with Crippen molar-refractivity contribution in [3.05, 3.63) is 40.2 Å². The predicted molar refractivity (Wildman–Crippen MR) is 109 cm³/mol. The summed E-state index contributed by atoms with van der Waals surface area (Å²) in [4.78, 5) is 24.0. The minimum atomic E-state index is -0.101. The van der Waals surface area contributed by atoms with E-state index >= 15 is 0 Å². The van der Waals surface area contributed by atoms with Crippen molar-refractivity contribution in [3.8, 4) is 0 Å². The summed E-state index contributed by atoms with van der Waals surface area (Å²) in [6.45, 7) is 9.67. The molecule has 0 aliphatic carbocycles. The molecule has 0 aromatic carbocycles. The number of anilines is 1. The van der Waals surface area contributed by atoms with Crippen LogP contribution < -0.4 is 10.5 Å². The Bertz CT molecular complexity index is 1080. The second-order valence-electron chi connectivity index (χ2n) is 8.58. The highest BCUT2D eigenvalue weighted by Crippen LogP contribution is 2.30. The monoisotopic (exact) mass is 381 g/mol. The van der Waals surface area contributed by atoms with Gasteiger partial charge in [-0.25, -0.2) is 14.6 Å². The Labute approximate surface area is 164 Å². The first kappa shape index (κ1) is 18.6. The lowest BCUT2D eigenvalue weighted by atomic mass is 9.92. The molecule has 0 saturated carbocycles. The van der Waals surface area contributed by atoms with Gasteiger partial charge in [0.15, 0.2) is 5.65 Å². The number of fused-ring (bicyclic) bond motifs is 1. The molecule has 8 heteroatoms. The molecular weight excluding hydrogens is 354 g/mol. The van der Waals surface area contributed by atoms with Crippen molar-refractivity contribution in [2.45, 2.75) is 58.5 Å². The van der Waals surface area contributed by atoms with Gasteiger partial charge in [-0.05, 0) is 25.8 Å². The van der Waals surface area contributed by atoms with E-state index in [9.17, 15) is 4.79 Å². The van der Waals surface area contributed by atoms with Gasteiger partial charge in [0, 0.05) is 25.1 Å². The minimum absolute atomic E-state index is 0.0646. The molecule has 0 radical (unpaired) electrons. The Morgan fingerprint density at radius 1 is 1.21 bits per heavy atom. The van der Waals surface area contributed by atoms with E-state index in [0.717, 1.165) is 47.8 Å². The molecule has 1 unspecified atom stereocenters. The Morgan fingerprint density at radius 2 is 2.00 bits per heavy atom. The molecule has 3 aromatic rings. The van der Waals surface area contributed by atoms with E-state index < -0.39 is 0 Å². The smallest absolute Gasteiger partial charge is 0.266 e. The van der Waals surface area contributed by atoms with E-state index in [1.165, 1.54) is 0 Å². The van der Waals surface area contributed by atoms with E-state index in [2.05, 4.69) is 40.9 Å². The number of rotatable bonds is 3. The fourth-order valence-electron chi connectivity index (χ4n) is 3.82. The van der Waals surface area contributed by atoms with Gasteiger partial charge in [-0.1, -0.05) is 20.8 Å². The second kappa shape index (κ2) is 6.68. The number of aromatic nitrogens is 6. The first-order valence-electron chi connectivity index (χ1n) is 9.75. The zero-order valence-electron chi connectivity index (χ0n) is 17.2. The zero-order valence-corrected chi connectivity index (χ0v) is 17.2. The van der Waals surface area contributed by atoms with Crippen molar-refractivity contribution >= 4 is 16.9 Å². The van der Waals surface area contributed by atoms with Gasteiger partial charge >= 0.3 is 0 Å². The highest BCUT2D eigenvalue weighted by molar-refractivity contribution is 5.87. The average molecular weight is 381 g/mol. The molecule has 3 aromatic heterocycles. The van der Waals surface area contributed by atoms with Crippen molar-refractivity contribution in [1.82, 2.24) is 29.5 Å². The number of hydrogen-bond donors (Lipinski definition) is 0. The highest BCUT2D eigenvalue weighted by atomic mass is 16.1. The second-order valence-corrected chi connectivity index (χ2v) is 8.58. The molecular formula is C20H27N7O. The largest absolute Gasteiger partial charge is 0.351 e. The van der Waals surface area contributed by atoms with Crippen LogP contribution in [-0.2, 0) is 19.0 Å². The maximum Gasteiger partial charge on any atom is 0.266 e. The standard InChI is InChI=1S/C20H27N7O/c1-13-22-18-15(11-21-25(18)5)19(23-13)26-10-6-7-14(26)12-27-17(28)9-8-16(24-27)20(2,3)4/h8-9,11,14H,6-7,10,12H2,1-5H3. The molecule has 1 aliphatic rings. The van der Waals surface area contributed by atoms with Crippen LogP contribution >= 0.6 is 0 Å². The fraction of sp³-hybridized carbons (Fsp3) is 0.550. The third kappa shape index (κ3) is 3.27. The van der Waals surface area contributed by atoms with E-state index in [4.69, 9.17) is 4.98 Å². The van der Waals surface area contributed by atoms with E-state index in [-0.39, 0.29) is 17.0 Å². The molecule has 0 amide bonds. The van der Waals surface area contributed by atoms with Gasteiger partial charge in [-0.3, -0.25) is 9.48 Å². The molecule has 1 fully saturated rings. The molecule has 1 saturated heterocycles. The third-order valence-corrected chi connectivity index (χ3v) is 5.35. The summed E-state index contributed by atoms with van der Waals surface area (Å²) in [5.41, 5.74) is 1.59. The lowest BCUT2D eigenvalue weighted by molar-refractivity contribution is 0.457. The third-order valence-electron chi connectivity index (χ3n) is 5.35. The van der Waals surface area contributed by atoms with Crippen LogP contribution in [0.15, 0.2) is 23.1 Å². The molecule has 8 nitrogen and oxygen atoms in total. The van der Waals surface area contributed by atoms with Crippen LogP contribution in [0.1, 0.15) is 45.1 Å². The number of hydrogen-bond acceptors (Lipinski definition) is 6. The van der Waals surface area contributed by atoms with E-state index in [1.54, 1.807) is 15.4 Å². The number of aryl methyl sites for hydroxylation is 2. The fourth-order valence-corrected chi connectivity index (χ4v) is 3.82. The summed E-state index contributed by atoms with van der Waals surface area (Å²) >= 11 is 0. The van der Waals surface area contributed by atoms with Gasteiger partial charge in [0.1, 0.15) is 11.6 Å². The maximum atomic E-state index is 12.4. The lowest BCUT2D eigenvalue weighted by Crippen LogP contribution is -2.38. The molecule has 148 valence electrons. The molecule has 1 atom stereocenters. The van der Waals surface area contributed by atoms with Crippen LogP contribution in [0.4, 0.5) is 5.82 Å². The summed E-state index contributed by atoms with van der Waals surface area (Å²) in [6, 6.07) is 3.62. The van der Waals surface area contributed by atoms with E-state index in [1.807, 2.05) is 26.2 Å². The Morgan fingerprint density at radius 3 is 2.75 bits per heavy atom. The molecule has 4 rings (SSSR count). The first-order chi connectivity index (χ1) is 13.2. The van der Waals surface area contributed by atoms with Crippen LogP contribution in [0.2, 0.25) is 0 Å². The quantitative estimate of drug-likeness (QED) is 0.692. The Kier molecular flexibility index (Phi) is 4.44. The van der Waals surface area contributed by atoms with Gasteiger partial charge < -0.3 is 4.90 Å². The van der Waals surface area contributed by atoms with Gasteiger partial charge in [0.05, 0.1) is 29.9 Å². The molecule has 1 aliphatic heterocycles. The van der Waals surface area contributed by atoms with Crippen LogP contribution in [0, 0.1) is 6.92 Å². The van der Waals surface area contributed by atoms with Gasteiger partial charge in [-0.15, -0.1) is 0 Å². The zero-order chi connectivity index (χ0) is 20.1. The Balaban J connectivity index is 1.70. The molecule has 4 heterocycles. The minimum Gasteiger partial charge on any atom is -0.351 e. The molecule has 0 bridgehead atoms. The van der Waals surface area contributed by atoms with Crippen LogP contribution in [0.5, 0.6) is 0 Å². The van der Waals surface area contributed by atoms with Crippen molar-refractivity contribution < 1.29 is 0 Å². The van der Waals surface area contributed by atoms with Crippen molar-refractivity contribution in [2.75, 3.05) is 11.4 Å². The summed E-state index contributed by atoms with van der Waals surface area (Å²) in [5, 5.41) is 9.95. The Hall–Kier alpha value is -2.77. The van der Waals surface area contributed by atoms with Crippen LogP contribution in [0.25, 0.3) is 11.0 Å². The average Bonchev–Trinajstić information content (AvgIpc) is 3.22. The van der Waals surface area contributed by atoms with Gasteiger partial charge in [0.2, 0.25) is 0 Å². The van der Waals surface area contributed by atoms with E-state index in [0.29, 0.717) is 6.54 Å². The predicted octanol–water partition coefficient (Wildman–Crippen LogP) is 2.19. The molecule has 0 spiro atoms. The first-order valence-corrected chi connectivity index (χ1v) is 9.75. The summed E-state index contributed by atoms with van der Waals surface area (Å²) in [5.74, 6) is 1.62. The summed E-state index contributed by atoms with van der Waals surface area (Å²) < 4.78 is 3.38. The number of nitrogens with zero attached hydrogens (tertiary/aromatic N) is 7. The topological polar surface area (TPSA) is 81.7 Å². The summed E-state index contributed by atoms with van der Waals surface area (Å²) in [6.07, 6.45) is 3.88.